The van der Waals surface area contributed by atoms with Crippen LogP contribution in [0.25, 0.3) is 0 Å². The number of carbonyl (C=O) groups excluding carboxylic acids is 1. The minimum Gasteiger partial charge on any atom is -0.443 e. The Morgan fingerprint density at radius 2 is 1.90 bits per heavy atom. The Balaban J connectivity index is 0.00000200. The molecule has 1 amide bonds. The number of halogens is 5. The summed E-state index contributed by atoms with van der Waals surface area (Å²) in [4.78, 5) is 11.0. The monoisotopic (exact) mass is 315 g/mol. The molecular weight excluding hydrogens is 306 g/mol. The molecule has 9 heteroatoms. The lowest BCUT2D eigenvalue weighted by Gasteiger charge is -2.31. The molecule has 1 aromatic rings. The van der Waals surface area contributed by atoms with Crippen LogP contribution >= 0.6 is 12.4 Å². The third-order valence-corrected chi connectivity index (χ3v) is 2.52. The predicted molar refractivity (Wildman–Crippen MR) is 62.5 cm³/mol. The fourth-order valence-corrected chi connectivity index (χ4v) is 1.68. The van der Waals surface area contributed by atoms with Gasteiger partial charge in [-0.05, 0) is 17.7 Å². The van der Waals surface area contributed by atoms with E-state index < -0.39 is 31.3 Å². The highest BCUT2D eigenvalue weighted by Gasteiger charge is 2.46. The first-order valence-corrected chi connectivity index (χ1v) is 5.24. The molecule has 20 heavy (non-hydrogen) atoms. The first-order valence-electron chi connectivity index (χ1n) is 5.24. The second-order valence-electron chi connectivity index (χ2n) is 3.86. The average molecular weight is 316 g/mol. The summed E-state index contributed by atoms with van der Waals surface area (Å²) in [6.07, 6.45) is -0.955. The highest BCUT2D eigenvalue weighted by Crippen LogP contribution is 2.35. The van der Waals surface area contributed by atoms with Gasteiger partial charge in [0.2, 0.25) is 0 Å². The van der Waals surface area contributed by atoms with Crippen LogP contribution in [0, 0.1) is 0 Å². The van der Waals surface area contributed by atoms with Crippen LogP contribution in [-0.2, 0) is 4.74 Å². The lowest BCUT2D eigenvalue weighted by Crippen LogP contribution is -2.49. The number of benzene rings is 1. The highest BCUT2D eigenvalue weighted by atomic mass is 35.5. The zero-order valence-electron chi connectivity index (χ0n) is 9.82. The van der Waals surface area contributed by atoms with Gasteiger partial charge in [-0.15, -0.1) is 12.4 Å². The molecule has 0 aromatic heterocycles. The number of hydrogen-bond donors (Lipinski definition) is 1. The van der Waals surface area contributed by atoms with Gasteiger partial charge < -0.3 is 14.8 Å². The maximum absolute atomic E-state index is 13.5. The van der Waals surface area contributed by atoms with Crippen LogP contribution in [-0.4, -0.2) is 25.2 Å². The molecule has 1 aromatic carbocycles. The van der Waals surface area contributed by atoms with E-state index in [-0.39, 0.29) is 23.7 Å². The molecule has 0 radical (unpaired) electrons. The molecule has 2 rings (SSSR count). The van der Waals surface area contributed by atoms with Crippen molar-refractivity contribution in [2.75, 3.05) is 6.61 Å². The van der Waals surface area contributed by atoms with E-state index in [4.69, 9.17) is 0 Å². The fourth-order valence-electron chi connectivity index (χ4n) is 1.68. The molecule has 0 saturated carbocycles. The molecule has 0 aliphatic carbocycles. The normalized spacial score (nSPS) is 20.6. The van der Waals surface area contributed by atoms with Crippen molar-refractivity contribution in [2.24, 2.45) is 0 Å². The molecule has 1 atom stereocenters. The second kappa shape index (κ2) is 6.17. The maximum Gasteiger partial charge on any atom is 0.408 e. The summed E-state index contributed by atoms with van der Waals surface area (Å²) in [6.45, 7) is -4.02. The Morgan fingerprint density at radius 1 is 1.30 bits per heavy atom. The maximum atomic E-state index is 13.5. The number of alkyl carbamates (subject to hydrolysis) is 1. The van der Waals surface area contributed by atoms with Crippen molar-refractivity contribution in [3.8, 4) is 5.75 Å². The third kappa shape index (κ3) is 3.66. The first-order chi connectivity index (χ1) is 8.88. The van der Waals surface area contributed by atoms with Crippen molar-refractivity contribution >= 4 is 18.5 Å². The number of amides is 1. The van der Waals surface area contributed by atoms with E-state index in [2.05, 4.69) is 9.47 Å². The van der Waals surface area contributed by atoms with Gasteiger partial charge in [0.25, 0.3) is 0 Å². The SMILES string of the molecule is Cl.O=C1N[C@H](c2ccc(OC(F)F)cc2)C(F)(F)CO1. The lowest BCUT2D eigenvalue weighted by atomic mass is 10.00. The van der Waals surface area contributed by atoms with E-state index in [1.165, 1.54) is 12.1 Å². The summed E-state index contributed by atoms with van der Waals surface area (Å²) in [5.41, 5.74) is 0.0725. The number of nitrogens with one attached hydrogen (secondary N) is 1. The van der Waals surface area contributed by atoms with Gasteiger partial charge in [0.15, 0.2) is 6.61 Å². The molecule has 1 fully saturated rings. The van der Waals surface area contributed by atoms with E-state index in [1.807, 2.05) is 5.32 Å². The molecule has 0 bridgehead atoms. The largest absolute Gasteiger partial charge is 0.443 e. The van der Waals surface area contributed by atoms with Gasteiger partial charge in [-0.2, -0.15) is 8.78 Å². The lowest BCUT2D eigenvalue weighted by molar-refractivity contribution is -0.104. The quantitative estimate of drug-likeness (QED) is 0.872. The van der Waals surface area contributed by atoms with Gasteiger partial charge in [0.05, 0.1) is 0 Å². The molecule has 0 spiro atoms. The Hall–Kier alpha value is -1.70. The zero-order chi connectivity index (χ0) is 14.0. The Labute approximate surface area is 117 Å². The Bertz CT molecular complexity index is 469. The number of hydrogen-bond acceptors (Lipinski definition) is 3. The van der Waals surface area contributed by atoms with Gasteiger partial charge in [-0.3, -0.25) is 0 Å². The Kier molecular flexibility index (Phi) is 5.04. The molecule has 4 nitrogen and oxygen atoms in total. The zero-order valence-corrected chi connectivity index (χ0v) is 10.6. The van der Waals surface area contributed by atoms with Gasteiger partial charge >= 0.3 is 18.6 Å². The van der Waals surface area contributed by atoms with Gasteiger partial charge in [-0.1, -0.05) is 12.1 Å². The first kappa shape index (κ1) is 16.4. The molecular formula is C11H10ClF4NO3. The topological polar surface area (TPSA) is 47.6 Å². The van der Waals surface area contributed by atoms with E-state index in [9.17, 15) is 22.4 Å². The van der Waals surface area contributed by atoms with Crippen LogP contribution in [0.1, 0.15) is 11.6 Å². The number of alkyl halides is 4. The molecule has 1 saturated heterocycles. The average Bonchev–Trinajstić information content (AvgIpc) is 2.33. The molecule has 1 aliphatic heterocycles. The van der Waals surface area contributed by atoms with Crippen LogP contribution in [0.15, 0.2) is 24.3 Å². The number of carbonyl (C=O) groups is 1. The van der Waals surface area contributed by atoms with E-state index in [0.29, 0.717) is 0 Å². The standard InChI is InChI=1S/C11H9F4NO3.ClH/c12-9(13)19-7-3-1-6(2-4-7)8-11(14,15)5-18-10(17)16-8;/h1-4,8-9H,5H2,(H,16,17);1H/t8-;/m1./s1. The van der Waals surface area contributed by atoms with Crippen LogP contribution in [0.2, 0.25) is 0 Å². The van der Waals surface area contributed by atoms with Gasteiger partial charge in [-0.25, -0.2) is 13.6 Å². The van der Waals surface area contributed by atoms with Crippen LogP contribution in [0.5, 0.6) is 5.75 Å². The predicted octanol–water partition coefficient (Wildman–Crippen LogP) is 3.13. The van der Waals surface area contributed by atoms with Crippen LogP contribution < -0.4 is 10.1 Å². The summed E-state index contributed by atoms with van der Waals surface area (Å²) >= 11 is 0. The van der Waals surface area contributed by atoms with Gasteiger partial charge in [0, 0.05) is 0 Å². The smallest absolute Gasteiger partial charge is 0.408 e. The van der Waals surface area contributed by atoms with Crippen LogP contribution in [0.3, 0.4) is 0 Å². The molecule has 0 unspecified atom stereocenters. The highest BCUT2D eigenvalue weighted by molar-refractivity contribution is 5.85. The molecule has 1 aliphatic rings. The van der Waals surface area contributed by atoms with E-state index >= 15 is 0 Å². The van der Waals surface area contributed by atoms with Crippen molar-refractivity contribution < 1.29 is 31.8 Å². The summed E-state index contributed by atoms with van der Waals surface area (Å²) in [5.74, 6) is -3.43. The van der Waals surface area contributed by atoms with Crippen LogP contribution in [0.4, 0.5) is 22.4 Å². The van der Waals surface area contributed by atoms with Gasteiger partial charge in [0.1, 0.15) is 11.8 Å². The minimum atomic E-state index is -3.28. The Morgan fingerprint density at radius 3 is 2.45 bits per heavy atom. The molecule has 1 heterocycles. The van der Waals surface area contributed by atoms with E-state index in [1.54, 1.807) is 0 Å². The summed E-state index contributed by atoms with van der Waals surface area (Å²) in [5, 5.41) is 1.98. The van der Waals surface area contributed by atoms with E-state index in [0.717, 1.165) is 12.1 Å². The molecule has 1 N–H and O–H groups in total. The minimum absolute atomic E-state index is 0. The van der Waals surface area contributed by atoms with Crippen molar-refractivity contribution in [2.45, 2.75) is 18.6 Å². The second-order valence-corrected chi connectivity index (χ2v) is 3.86. The van der Waals surface area contributed by atoms with Crippen molar-refractivity contribution in [3.63, 3.8) is 0 Å². The van der Waals surface area contributed by atoms with Crippen molar-refractivity contribution in [1.82, 2.24) is 5.32 Å². The van der Waals surface area contributed by atoms with Crippen molar-refractivity contribution in [1.29, 1.82) is 0 Å². The summed E-state index contributed by atoms with van der Waals surface area (Å²) in [6, 6.07) is 3.05. The molecule has 112 valence electrons. The number of cyclic esters (lactones) is 1. The number of rotatable bonds is 3. The number of ether oxygens (including phenoxy) is 2. The fraction of sp³-hybridized carbons (Fsp3) is 0.364. The summed E-state index contributed by atoms with van der Waals surface area (Å²) in [7, 11) is 0. The third-order valence-electron chi connectivity index (χ3n) is 2.52. The van der Waals surface area contributed by atoms with Crippen molar-refractivity contribution in [3.05, 3.63) is 29.8 Å². The summed E-state index contributed by atoms with van der Waals surface area (Å²) < 4.78 is 59.3.